The van der Waals surface area contributed by atoms with Crippen molar-refractivity contribution in [1.29, 1.82) is 0 Å². The summed E-state index contributed by atoms with van der Waals surface area (Å²) >= 11 is 0. The standard InChI is InChI=1S/C30H37N3O5S/c1-5-19-31-30(35)28(6-2)32(21-24-11-8-7-9-12-24)29(34)22-33(25-13-10-14-26(20-25)38-4)39(36,37)27-17-15-23(3)16-18-27/h7-18,20,28H,5-6,19,21-22H2,1-4H3,(H,31,35)/t28-/m1/s1. The minimum atomic E-state index is -4.13. The molecule has 0 aliphatic heterocycles. The molecular formula is C30H37N3O5S. The summed E-state index contributed by atoms with van der Waals surface area (Å²) in [4.78, 5) is 28.6. The van der Waals surface area contributed by atoms with Crippen LogP contribution in [0.4, 0.5) is 5.69 Å². The topological polar surface area (TPSA) is 96.0 Å². The van der Waals surface area contributed by atoms with Crippen molar-refractivity contribution in [2.75, 3.05) is 24.5 Å². The number of methoxy groups -OCH3 is 1. The molecule has 0 radical (unpaired) electrons. The molecule has 8 nitrogen and oxygen atoms in total. The van der Waals surface area contributed by atoms with E-state index in [0.717, 1.165) is 21.9 Å². The maximum Gasteiger partial charge on any atom is 0.264 e. The lowest BCUT2D eigenvalue weighted by atomic mass is 10.1. The van der Waals surface area contributed by atoms with Crippen molar-refractivity contribution in [1.82, 2.24) is 10.2 Å². The van der Waals surface area contributed by atoms with Crippen LogP contribution in [0, 0.1) is 6.92 Å². The monoisotopic (exact) mass is 551 g/mol. The van der Waals surface area contributed by atoms with Gasteiger partial charge in [0, 0.05) is 19.2 Å². The van der Waals surface area contributed by atoms with Gasteiger partial charge in [0.2, 0.25) is 11.8 Å². The second-order valence-electron chi connectivity index (χ2n) is 9.25. The van der Waals surface area contributed by atoms with Crippen LogP contribution in [-0.4, -0.2) is 51.4 Å². The largest absolute Gasteiger partial charge is 0.497 e. The number of benzene rings is 3. The third kappa shape index (κ3) is 7.60. The normalized spacial score (nSPS) is 11.9. The minimum absolute atomic E-state index is 0.0612. The van der Waals surface area contributed by atoms with E-state index in [2.05, 4.69) is 5.32 Å². The van der Waals surface area contributed by atoms with E-state index < -0.39 is 28.5 Å². The number of hydrogen-bond acceptors (Lipinski definition) is 5. The summed E-state index contributed by atoms with van der Waals surface area (Å²) in [6.45, 7) is 5.82. The number of carbonyl (C=O) groups is 2. The van der Waals surface area contributed by atoms with E-state index in [1.807, 2.05) is 51.1 Å². The van der Waals surface area contributed by atoms with Gasteiger partial charge in [-0.1, -0.05) is 67.9 Å². The van der Waals surface area contributed by atoms with Crippen LogP contribution in [0.25, 0.3) is 0 Å². The molecule has 0 aromatic heterocycles. The van der Waals surface area contributed by atoms with Gasteiger partial charge >= 0.3 is 0 Å². The summed E-state index contributed by atoms with van der Waals surface area (Å²) in [5.41, 5.74) is 2.03. The van der Waals surface area contributed by atoms with E-state index in [-0.39, 0.29) is 23.0 Å². The highest BCUT2D eigenvalue weighted by atomic mass is 32.2. The second kappa shape index (κ2) is 13.8. The molecule has 3 aromatic rings. The van der Waals surface area contributed by atoms with Gasteiger partial charge in [-0.25, -0.2) is 8.42 Å². The van der Waals surface area contributed by atoms with Crippen molar-refractivity contribution in [3.05, 3.63) is 90.0 Å². The number of anilines is 1. The predicted molar refractivity (Wildman–Crippen MR) is 153 cm³/mol. The lowest BCUT2D eigenvalue weighted by molar-refractivity contribution is -0.140. The van der Waals surface area contributed by atoms with Crippen LogP contribution in [0.2, 0.25) is 0 Å². The number of hydrogen-bond donors (Lipinski definition) is 1. The smallest absolute Gasteiger partial charge is 0.264 e. The van der Waals surface area contributed by atoms with Gasteiger partial charge in [0.15, 0.2) is 0 Å². The van der Waals surface area contributed by atoms with Gasteiger partial charge in [-0.15, -0.1) is 0 Å². The number of rotatable bonds is 13. The van der Waals surface area contributed by atoms with E-state index in [4.69, 9.17) is 4.74 Å². The molecule has 208 valence electrons. The van der Waals surface area contributed by atoms with Gasteiger partial charge in [0.05, 0.1) is 17.7 Å². The maximum atomic E-state index is 14.0. The molecule has 0 heterocycles. The number of amides is 2. The number of nitrogens with zero attached hydrogens (tertiary/aromatic N) is 2. The summed E-state index contributed by atoms with van der Waals surface area (Å²) in [7, 11) is -2.64. The molecule has 0 saturated heterocycles. The van der Waals surface area contributed by atoms with E-state index in [0.29, 0.717) is 18.7 Å². The molecule has 0 spiro atoms. The molecule has 0 bridgehead atoms. The third-order valence-electron chi connectivity index (χ3n) is 6.36. The third-order valence-corrected chi connectivity index (χ3v) is 8.15. The molecule has 3 aromatic carbocycles. The molecule has 9 heteroatoms. The molecule has 3 rings (SSSR count). The molecule has 0 unspecified atom stereocenters. The average molecular weight is 552 g/mol. The van der Waals surface area contributed by atoms with Crippen LogP contribution < -0.4 is 14.4 Å². The lowest BCUT2D eigenvalue weighted by Crippen LogP contribution is -2.52. The van der Waals surface area contributed by atoms with Gasteiger partial charge in [-0.2, -0.15) is 0 Å². The Morgan fingerprint density at radius 1 is 0.949 bits per heavy atom. The Balaban J connectivity index is 2.05. The van der Waals surface area contributed by atoms with Crippen LogP contribution in [0.3, 0.4) is 0 Å². The number of ether oxygens (including phenoxy) is 1. The Kier molecular flexibility index (Phi) is 10.5. The lowest BCUT2D eigenvalue weighted by Gasteiger charge is -2.33. The van der Waals surface area contributed by atoms with E-state index in [1.165, 1.54) is 24.1 Å². The molecule has 1 N–H and O–H groups in total. The SMILES string of the molecule is CCCNC(=O)[C@@H](CC)N(Cc1ccccc1)C(=O)CN(c1cccc(OC)c1)S(=O)(=O)c1ccc(C)cc1. The Hall–Kier alpha value is -3.85. The molecule has 0 saturated carbocycles. The van der Waals surface area contributed by atoms with Gasteiger partial charge in [0.25, 0.3) is 10.0 Å². The summed E-state index contributed by atoms with van der Waals surface area (Å²) in [6, 6.07) is 21.6. The summed E-state index contributed by atoms with van der Waals surface area (Å²) in [5.74, 6) is -0.301. The molecular weight excluding hydrogens is 514 g/mol. The van der Waals surface area contributed by atoms with Crippen molar-refractivity contribution >= 4 is 27.5 Å². The molecule has 1 atom stereocenters. The zero-order valence-corrected chi connectivity index (χ0v) is 23.8. The Morgan fingerprint density at radius 3 is 2.26 bits per heavy atom. The zero-order chi connectivity index (χ0) is 28.4. The van der Waals surface area contributed by atoms with E-state index in [9.17, 15) is 18.0 Å². The number of aryl methyl sites for hydroxylation is 1. The highest BCUT2D eigenvalue weighted by Gasteiger charge is 2.33. The van der Waals surface area contributed by atoms with Crippen LogP contribution in [0.5, 0.6) is 5.75 Å². The van der Waals surface area contributed by atoms with Gasteiger partial charge in [-0.05, 0) is 49.6 Å². The maximum absolute atomic E-state index is 14.0. The van der Waals surface area contributed by atoms with Gasteiger partial charge in [0.1, 0.15) is 18.3 Å². The number of carbonyl (C=O) groups excluding carboxylic acids is 2. The minimum Gasteiger partial charge on any atom is -0.497 e. The molecule has 0 fully saturated rings. The van der Waals surface area contributed by atoms with Crippen LogP contribution >= 0.6 is 0 Å². The summed E-state index contributed by atoms with van der Waals surface area (Å²) < 4.78 is 34.2. The van der Waals surface area contributed by atoms with Crippen molar-refractivity contribution in [3.8, 4) is 5.75 Å². The van der Waals surface area contributed by atoms with Gasteiger partial charge in [-0.3, -0.25) is 13.9 Å². The zero-order valence-electron chi connectivity index (χ0n) is 23.0. The highest BCUT2D eigenvalue weighted by molar-refractivity contribution is 7.92. The van der Waals surface area contributed by atoms with Crippen molar-refractivity contribution < 1.29 is 22.7 Å². The predicted octanol–water partition coefficient (Wildman–Crippen LogP) is 4.53. The Morgan fingerprint density at radius 2 is 1.64 bits per heavy atom. The van der Waals surface area contributed by atoms with Gasteiger partial charge < -0.3 is 15.0 Å². The fraction of sp³-hybridized carbons (Fsp3) is 0.333. The molecule has 2 amide bonds. The molecule has 0 aliphatic carbocycles. The van der Waals surface area contributed by atoms with Crippen molar-refractivity contribution in [2.45, 2.75) is 51.1 Å². The average Bonchev–Trinajstić information content (AvgIpc) is 2.95. The molecule has 39 heavy (non-hydrogen) atoms. The van der Waals surface area contributed by atoms with Crippen LogP contribution in [0.15, 0.2) is 83.8 Å². The first-order valence-electron chi connectivity index (χ1n) is 13.1. The fourth-order valence-electron chi connectivity index (χ4n) is 4.20. The molecule has 0 aliphatic rings. The quantitative estimate of drug-likeness (QED) is 0.337. The first-order valence-corrected chi connectivity index (χ1v) is 14.5. The van der Waals surface area contributed by atoms with Crippen LogP contribution in [-0.2, 0) is 26.2 Å². The number of sulfonamides is 1. The van der Waals surface area contributed by atoms with E-state index in [1.54, 1.807) is 36.4 Å². The van der Waals surface area contributed by atoms with E-state index >= 15 is 0 Å². The summed E-state index contributed by atoms with van der Waals surface area (Å²) in [5, 5.41) is 2.88. The Labute approximate surface area is 231 Å². The van der Waals surface area contributed by atoms with Crippen molar-refractivity contribution in [2.24, 2.45) is 0 Å². The number of nitrogens with one attached hydrogen (secondary N) is 1. The fourth-order valence-corrected chi connectivity index (χ4v) is 5.60. The Bertz CT molecular complexity index is 1340. The van der Waals surface area contributed by atoms with Crippen molar-refractivity contribution in [3.63, 3.8) is 0 Å². The second-order valence-corrected chi connectivity index (χ2v) is 11.1. The first-order chi connectivity index (χ1) is 18.7. The van der Waals surface area contributed by atoms with Crippen LogP contribution in [0.1, 0.15) is 37.8 Å². The summed E-state index contributed by atoms with van der Waals surface area (Å²) in [6.07, 6.45) is 1.13. The first kappa shape index (κ1) is 29.7. The highest BCUT2D eigenvalue weighted by Crippen LogP contribution is 2.28.